The van der Waals surface area contributed by atoms with Crippen LogP contribution in [0.25, 0.3) is 11.4 Å². The molecule has 0 aliphatic heterocycles. The lowest BCUT2D eigenvalue weighted by atomic mass is 10.2. The number of halogens is 1. The van der Waals surface area contributed by atoms with Gasteiger partial charge in [-0.1, -0.05) is 53.7 Å². The fourth-order valence-corrected chi connectivity index (χ4v) is 3.71. The Morgan fingerprint density at radius 2 is 1.48 bits per heavy atom. The number of benzene rings is 3. The minimum Gasteiger partial charge on any atom is -0.321 e. The molecule has 0 bridgehead atoms. The summed E-state index contributed by atoms with van der Waals surface area (Å²) in [6, 6.07) is 25.0. The molecule has 1 amide bonds. The largest absolute Gasteiger partial charge is 0.321 e. The zero-order valence-electron chi connectivity index (χ0n) is 15.2. The monoisotopic (exact) mass is 417 g/mol. The van der Waals surface area contributed by atoms with Crippen molar-refractivity contribution in [2.75, 3.05) is 5.32 Å². The molecule has 0 unspecified atom stereocenters. The Kier molecular flexibility index (Phi) is 5.89. The summed E-state index contributed by atoms with van der Waals surface area (Å²) < 4.78 is 0. The van der Waals surface area contributed by atoms with Gasteiger partial charge in [0.2, 0.25) is 0 Å². The van der Waals surface area contributed by atoms with Gasteiger partial charge in [0.25, 0.3) is 5.91 Å². The number of carbonyl (C=O) groups is 1. The number of hydrogen-bond donors (Lipinski definition) is 1. The van der Waals surface area contributed by atoms with E-state index in [9.17, 15) is 4.79 Å². The molecule has 0 saturated carbocycles. The molecular formula is C23H16ClN3OS. The Hall–Kier alpha value is -3.15. The van der Waals surface area contributed by atoms with Crippen molar-refractivity contribution in [1.82, 2.24) is 9.97 Å². The van der Waals surface area contributed by atoms with E-state index in [4.69, 9.17) is 11.6 Å². The molecule has 4 rings (SSSR count). The van der Waals surface area contributed by atoms with E-state index in [1.54, 1.807) is 23.9 Å². The molecule has 0 spiro atoms. The van der Waals surface area contributed by atoms with E-state index in [1.807, 2.05) is 66.7 Å². The Bertz CT molecular complexity index is 1120. The summed E-state index contributed by atoms with van der Waals surface area (Å²) in [5.41, 5.74) is 1.97. The van der Waals surface area contributed by atoms with Crippen LogP contribution in [-0.4, -0.2) is 15.9 Å². The first-order valence-corrected chi connectivity index (χ1v) is 10.1. The van der Waals surface area contributed by atoms with Crippen molar-refractivity contribution >= 4 is 35.0 Å². The van der Waals surface area contributed by atoms with Crippen LogP contribution in [0.4, 0.5) is 5.69 Å². The van der Waals surface area contributed by atoms with Gasteiger partial charge in [-0.05, 0) is 48.5 Å². The Morgan fingerprint density at radius 3 is 2.21 bits per heavy atom. The number of amides is 1. The molecule has 4 nitrogen and oxygen atoms in total. The van der Waals surface area contributed by atoms with Gasteiger partial charge in [-0.25, -0.2) is 9.97 Å². The van der Waals surface area contributed by atoms with Crippen molar-refractivity contribution < 1.29 is 4.79 Å². The fraction of sp³-hybridized carbons (Fsp3) is 0. The van der Waals surface area contributed by atoms with Crippen LogP contribution in [0.15, 0.2) is 101 Å². The molecule has 1 N–H and O–H groups in total. The molecule has 1 heterocycles. The molecule has 1 aromatic heterocycles. The summed E-state index contributed by atoms with van der Waals surface area (Å²) in [5.74, 6) is 0.284. The summed E-state index contributed by atoms with van der Waals surface area (Å²) >= 11 is 7.51. The summed E-state index contributed by atoms with van der Waals surface area (Å²) in [6.07, 6.45) is 3.05. The summed E-state index contributed by atoms with van der Waals surface area (Å²) in [5, 5.41) is 3.61. The zero-order chi connectivity index (χ0) is 20.1. The van der Waals surface area contributed by atoms with Crippen LogP contribution in [0.5, 0.6) is 0 Å². The third-order valence-electron chi connectivity index (χ3n) is 4.12. The number of nitrogens with zero attached hydrogens (tertiary/aromatic N) is 2. The van der Waals surface area contributed by atoms with Crippen LogP contribution in [0.2, 0.25) is 5.02 Å². The van der Waals surface area contributed by atoms with E-state index in [0.29, 0.717) is 16.4 Å². The predicted octanol–water partition coefficient (Wildman–Crippen LogP) is 6.20. The summed E-state index contributed by atoms with van der Waals surface area (Å²) in [4.78, 5) is 23.4. The normalized spacial score (nSPS) is 10.5. The van der Waals surface area contributed by atoms with Crippen LogP contribution in [-0.2, 0) is 0 Å². The molecule has 0 atom stereocenters. The standard InChI is InChI=1S/C23H16ClN3OS/c24-18-12-10-16(11-13-18)22-25-14-17(15-26-22)23(28)27-20-8-4-5-9-21(20)29-19-6-2-1-3-7-19/h1-15H,(H,27,28). The van der Waals surface area contributed by atoms with Gasteiger partial charge in [0, 0.05) is 32.8 Å². The number of anilines is 1. The molecule has 29 heavy (non-hydrogen) atoms. The smallest absolute Gasteiger partial charge is 0.258 e. The van der Waals surface area contributed by atoms with Gasteiger partial charge >= 0.3 is 0 Å². The van der Waals surface area contributed by atoms with Crippen molar-refractivity contribution in [2.45, 2.75) is 9.79 Å². The van der Waals surface area contributed by atoms with Crippen molar-refractivity contribution in [3.8, 4) is 11.4 Å². The topological polar surface area (TPSA) is 54.9 Å². The third kappa shape index (κ3) is 4.83. The highest BCUT2D eigenvalue weighted by Crippen LogP contribution is 2.33. The zero-order valence-corrected chi connectivity index (χ0v) is 16.8. The van der Waals surface area contributed by atoms with Gasteiger partial charge in [0.05, 0.1) is 11.3 Å². The van der Waals surface area contributed by atoms with Gasteiger partial charge in [0.1, 0.15) is 0 Å². The molecule has 0 radical (unpaired) electrons. The van der Waals surface area contributed by atoms with Crippen LogP contribution >= 0.6 is 23.4 Å². The van der Waals surface area contributed by atoms with E-state index < -0.39 is 0 Å². The molecule has 0 aliphatic carbocycles. The quantitative estimate of drug-likeness (QED) is 0.420. The van der Waals surface area contributed by atoms with Gasteiger partial charge in [0.15, 0.2) is 5.82 Å². The maximum absolute atomic E-state index is 12.7. The first-order chi connectivity index (χ1) is 14.2. The molecule has 0 fully saturated rings. The fourth-order valence-electron chi connectivity index (χ4n) is 2.66. The van der Waals surface area contributed by atoms with Crippen LogP contribution < -0.4 is 5.32 Å². The van der Waals surface area contributed by atoms with Crippen molar-refractivity contribution in [2.24, 2.45) is 0 Å². The van der Waals surface area contributed by atoms with Gasteiger partial charge in [-0.15, -0.1) is 0 Å². The lowest BCUT2D eigenvalue weighted by molar-refractivity contribution is 0.102. The highest BCUT2D eigenvalue weighted by Gasteiger charge is 2.11. The number of hydrogen-bond acceptors (Lipinski definition) is 4. The Morgan fingerprint density at radius 1 is 0.828 bits per heavy atom. The minimum atomic E-state index is -0.256. The van der Waals surface area contributed by atoms with Crippen LogP contribution in [0.3, 0.4) is 0 Å². The second kappa shape index (κ2) is 8.90. The molecular weight excluding hydrogens is 402 g/mol. The van der Waals surface area contributed by atoms with Gasteiger partial charge in [-0.3, -0.25) is 4.79 Å². The van der Waals surface area contributed by atoms with Gasteiger partial charge < -0.3 is 5.32 Å². The average molecular weight is 418 g/mol. The first kappa shape index (κ1) is 19.2. The SMILES string of the molecule is O=C(Nc1ccccc1Sc1ccccc1)c1cnc(-c2ccc(Cl)cc2)nc1. The number of rotatable bonds is 5. The maximum Gasteiger partial charge on any atom is 0.258 e. The Balaban J connectivity index is 1.50. The lowest BCUT2D eigenvalue weighted by Crippen LogP contribution is -2.13. The molecule has 142 valence electrons. The second-order valence-corrected chi connectivity index (χ2v) is 7.72. The minimum absolute atomic E-state index is 0.256. The number of aromatic nitrogens is 2. The molecule has 0 saturated heterocycles. The molecule has 4 aromatic rings. The third-order valence-corrected chi connectivity index (χ3v) is 5.46. The average Bonchev–Trinajstić information content (AvgIpc) is 2.76. The summed E-state index contributed by atoms with van der Waals surface area (Å²) in [7, 11) is 0. The molecule has 3 aromatic carbocycles. The van der Waals surface area contributed by atoms with E-state index in [-0.39, 0.29) is 5.91 Å². The lowest BCUT2D eigenvalue weighted by Gasteiger charge is -2.11. The van der Waals surface area contributed by atoms with Crippen molar-refractivity contribution in [1.29, 1.82) is 0 Å². The number of para-hydroxylation sites is 1. The number of nitrogens with one attached hydrogen (secondary N) is 1. The summed E-state index contributed by atoms with van der Waals surface area (Å²) in [6.45, 7) is 0. The van der Waals surface area contributed by atoms with E-state index in [2.05, 4.69) is 15.3 Å². The van der Waals surface area contributed by atoms with Crippen molar-refractivity contribution in [3.05, 3.63) is 102 Å². The first-order valence-electron chi connectivity index (χ1n) is 8.90. The highest BCUT2D eigenvalue weighted by atomic mass is 35.5. The van der Waals surface area contributed by atoms with E-state index in [1.165, 1.54) is 12.4 Å². The van der Waals surface area contributed by atoms with Crippen LogP contribution in [0.1, 0.15) is 10.4 Å². The second-order valence-electron chi connectivity index (χ2n) is 6.17. The van der Waals surface area contributed by atoms with Crippen LogP contribution in [0, 0.1) is 0 Å². The van der Waals surface area contributed by atoms with Crippen molar-refractivity contribution in [3.63, 3.8) is 0 Å². The highest BCUT2D eigenvalue weighted by molar-refractivity contribution is 7.99. The molecule has 6 heteroatoms. The maximum atomic E-state index is 12.7. The Labute approximate surface area is 178 Å². The molecule has 0 aliphatic rings. The number of carbonyl (C=O) groups excluding carboxylic acids is 1. The predicted molar refractivity (Wildman–Crippen MR) is 117 cm³/mol. The van der Waals surface area contributed by atoms with Gasteiger partial charge in [-0.2, -0.15) is 0 Å². The van der Waals surface area contributed by atoms with E-state index >= 15 is 0 Å². The van der Waals surface area contributed by atoms with E-state index in [0.717, 1.165) is 21.0 Å².